The number of carbonyl (C=O) groups excluding carboxylic acids is 1. The molecule has 1 aromatic carbocycles. The minimum atomic E-state index is -1.07. The third-order valence-electron chi connectivity index (χ3n) is 5.48. The summed E-state index contributed by atoms with van der Waals surface area (Å²) in [5.41, 5.74) is 1.18. The number of rotatable bonds is 4. The Morgan fingerprint density at radius 3 is 2.52 bits per heavy atom. The molecule has 0 aliphatic carbocycles. The number of benzene rings is 1. The summed E-state index contributed by atoms with van der Waals surface area (Å²) >= 11 is 0. The molecular weight excluding hydrogens is 402 g/mol. The fourth-order valence-electron chi connectivity index (χ4n) is 3.82. The molecule has 168 valence electrons. The van der Waals surface area contributed by atoms with Gasteiger partial charge in [0.25, 0.3) is 0 Å². The normalized spacial score (nSPS) is 31.0. The van der Waals surface area contributed by atoms with Gasteiger partial charge in [-0.3, -0.25) is 4.79 Å². The molecule has 1 aromatic heterocycles. The van der Waals surface area contributed by atoms with Gasteiger partial charge in [0.15, 0.2) is 5.76 Å². The first-order chi connectivity index (χ1) is 14.7. The van der Waals surface area contributed by atoms with Gasteiger partial charge in [-0.2, -0.15) is 0 Å². The van der Waals surface area contributed by atoms with Crippen LogP contribution in [-0.2, 0) is 24.4 Å². The average molecular weight is 431 g/mol. The van der Waals surface area contributed by atoms with Gasteiger partial charge < -0.3 is 33.8 Å². The molecule has 0 radical (unpaired) electrons. The van der Waals surface area contributed by atoms with Crippen molar-refractivity contribution in [1.29, 1.82) is 0 Å². The van der Waals surface area contributed by atoms with Crippen LogP contribution in [0.5, 0.6) is 5.75 Å². The quantitative estimate of drug-likeness (QED) is 0.768. The first-order valence-corrected chi connectivity index (χ1v) is 10.4. The summed E-state index contributed by atoms with van der Waals surface area (Å²) in [5, 5.41) is 13.8. The number of nitrogens with one attached hydrogen (secondary N) is 1. The van der Waals surface area contributed by atoms with Crippen LogP contribution in [0.3, 0.4) is 0 Å². The van der Waals surface area contributed by atoms with E-state index in [1.165, 1.54) is 18.8 Å². The predicted molar refractivity (Wildman–Crippen MR) is 110 cm³/mol. The smallest absolute Gasteiger partial charge is 0.223 e. The van der Waals surface area contributed by atoms with Crippen molar-refractivity contribution in [2.24, 2.45) is 0 Å². The van der Waals surface area contributed by atoms with Crippen molar-refractivity contribution in [3.05, 3.63) is 54.0 Å². The highest BCUT2D eigenvalue weighted by Gasteiger charge is 2.51. The van der Waals surface area contributed by atoms with E-state index in [4.69, 9.17) is 23.4 Å². The zero-order valence-corrected chi connectivity index (χ0v) is 18.1. The maximum Gasteiger partial charge on any atom is 0.223 e. The van der Waals surface area contributed by atoms with Gasteiger partial charge in [0, 0.05) is 6.92 Å². The predicted octanol–water partition coefficient (Wildman–Crippen LogP) is 2.66. The van der Waals surface area contributed by atoms with Crippen LogP contribution in [-0.4, -0.2) is 48.3 Å². The van der Waals surface area contributed by atoms with E-state index in [1.54, 1.807) is 12.1 Å². The summed E-state index contributed by atoms with van der Waals surface area (Å²) in [6.07, 6.45) is -2.49. The van der Waals surface area contributed by atoms with Crippen molar-refractivity contribution in [3.8, 4) is 5.75 Å². The second-order valence-corrected chi connectivity index (χ2v) is 8.93. The zero-order chi connectivity index (χ0) is 22.2. The maximum atomic E-state index is 11.8. The zero-order valence-electron chi connectivity index (χ0n) is 18.1. The van der Waals surface area contributed by atoms with E-state index < -0.39 is 36.9 Å². The van der Waals surface area contributed by atoms with Crippen LogP contribution < -0.4 is 10.1 Å². The van der Waals surface area contributed by atoms with Gasteiger partial charge in [-0.05, 0) is 35.2 Å². The number of aliphatic hydroxyl groups excluding tert-OH is 1. The molecule has 31 heavy (non-hydrogen) atoms. The molecule has 2 aliphatic heterocycles. The van der Waals surface area contributed by atoms with Gasteiger partial charge in [-0.25, -0.2) is 0 Å². The van der Waals surface area contributed by atoms with E-state index in [-0.39, 0.29) is 17.9 Å². The second kappa shape index (κ2) is 8.63. The summed E-state index contributed by atoms with van der Waals surface area (Å²) in [5.74, 6) is 0.765. The monoisotopic (exact) mass is 431 g/mol. The molecule has 1 amide bonds. The Labute approximate surface area is 181 Å². The van der Waals surface area contributed by atoms with E-state index in [0.29, 0.717) is 11.5 Å². The molecule has 8 heteroatoms. The highest BCUT2D eigenvalue weighted by molar-refractivity contribution is 5.73. The minimum absolute atomic E-state index is 0.0172. The number of amides is 1. The molecule has 2 fully saturated rings. The van der Waals surface area contributed by atoms with Gasteiger partial charge in [0.05, 0.1) is 12.9 Å². The summed E-state index contributed by atoms with van der Waals surface area (Å²) in [4.78, 5) is 11.8. The third-order valence-corrected chi connectivity index (χ3v) is 5.48. The Morgan fingerprint density at radius 1 is 1.16 bits per heavy atom. The summed E-state index contributed by atoms with van der Waals surface area (Å²) in [7, 11) is 0. The van der Waals surface area contributed by atoms with E-state index in [1.807, 2.05) is 24.3 Å². The number of furan rings is 1. The fraction of sp³-hybridized carbons (Fsp3) is 0.522. The van der Waals surface area contributed by atoms with Gasteiger partial charge in [0.1, 0.15) is 30.1 Å². The molecule has 8 nitrogen and oxygen atoms in total. The molecule has 0 spiro atoms. The number of hydrogen-bond donors (Lipinski definition) is 2. The lowest BCUT2D eigenvalue weighted by Gasteiger charge is -2.47. The van der Waals surface area contributed by atoms with E-state index in [0.717, 1.165) is 0 Å². The van der Waals surface area contributed by atoms with Crippen LogP contribution in [0.1, 0.15) is 45.3 Å². The van der Waals surface area contributed by atoms with Gasteiger partial charge >= 0.3 is 0 Å². The molecule has 2 saturated heterocycles. The second-order valence-electron chi connectivity index (χ2n) is 8.93. The molecule has 0 bridgehead atoms. The Bertz CT molecular complexity index is 874. The molecule has 2 N–H and O–H groups in total. The van der Waals surface area contributed by atoms with Crippen LogP contribution in [0, 0.1) is 0 Å². The lowest BCUT2D eigenvalue weighted by Crippen LogP contribution is -2.67. The number of aliphatic hydroxyl groups is 1. The Hall–Kier alpha value is -2.39. The molecule has 2 aromatic rings. The summed E-state index contributed by atoms with van der Waals surface area (Å²) in [6.45, 7) is 7.97. The molecule has 0 saturated carbocycles. The van der Waals surface area contributed by atoms with Crippen LogP contribution in [0.15, 0.2) is 47.1 Å². The van der Waals surface area contributed by atoms with Crippen LogP contribution >= 0.6 is 0 Å². The SMILES string of the molecule is CC(=O)N[C@@H]1[C@@H](Oc2ccc(C(C)(C)C)cc2)O[C@@H]2CO[C@H](c3ccco3)O[C@@H]2[C@H]1O. The molecular formula is C23H29NO7. The number of ether oxygens (including phenoxy) is 4. The van der Waals surface area contributed by atoms with Crippen molar-refractivity contribution >= 4 is 5.91 Å². The number of hydrogen-bond acceptors (Lipinski definition) is 7. The molecule has 2 aliphatic rings. The third kappa shape index (κ3) is 4.77. The molecule has 4 rings (SSSR count). The van der Waals surface area contributed by atoms with Crippen molar-refractivity contribution in [1.82, 2.24) is 5.32 Å². The highest BCUT2D eigenvalue weighted by atomic mass is 16.8. The first kappa shape index (κ1) is 21.8. The number of fused-ring (bicyclic) bond motifs is 1. The van der Waals surface area contributed by atoms with Crippen molar-refractivity contribution in [2.45, 2.75) is 70.0 Å². The van der Waals surface area contributed by atoms with Gasteiger partial charge in [-0.1, -0.05) is 32.9 Å². The van der Waals surface area contributed by atoms with E-state index in [9.17, 15) is 9.90 Å². The van der Waals surface area contributed by atoms with Crippen molar-refractivity contribution in [2.75, 3.05) is 6.61 Å². The lowest BCUT2D eigenvalue weighted by molar-refractivity contribution is -0.336. The van der Waals surface area contributed by atoms with Crippen LogP contribution in [0.2, 0.25) is 0 Å². The summed E-state index contributed by atoms with van der Waals surface area (Å²) < 4.78 is 29.1. The van der Waals surface area contributed by atoms with Gasteiger partial charge in [0.2, 0.25) is 18.5 Å². The van der Waals surface area contributed by atoms with Gasteiger partial charge in [-0.15, -0.1) is 0 Å². The summed E-state index contributed by atoms with van der Waals surface area (Å²) in [6, 6.07) is 10.3. The average Bonchev–Trinajstić information content (AvgIpc) is 3.25. The van der Waals surface area contributed by atoms with E-state index in [2.05, 4.69) is 26.1 Å². The lowest BCUT2D eigenvalue weighted by atomic mass is 9.87. The molecule has 0 unspecified atom stereocenters. The van der Waals surface area contributed by atoms with Crippen LogP contribution in [0.25, 0.3) is 0 Å². The van der Waals surface area contributed by atoms with Crippen molar-refractivity contribution < 1.29 is 33.3 Å². The molecule has 3 heterocycles. The topological polar surface area (TPSA) is 99.4 Å². The standard InChI is InChI=1S/C23H29NO7/c1-13(25)24-18-19(26)20-17(12-28-21(31-20)16-6-5-11-27-16)30-22(18)29-15-9-7-14(8-10-15)23(2,3)4/h5-11,17-22,26H,12H2,1-4H3,(H,24,25)/t17-,18+,19+,20+,21+,22+/m1/s1. The Balaban J connectivity index is 1.51. The van der Waals surface area contributed by atoms with Crippen LogP contribution in [0.4, 0.5) is 0 Å². The maximum absolute atomic E-state index is 11.8. The minimum Gasteiger partial charge on any atom is -0.464 e. The largest absolute Gasteiger partial charge is 0.464 e. The first-order valence-electron chi connectivity index (χ1n) is 10.4. The van der Waals surface area contributed by atoms with Crippen molar-refractivity contribution in [3.63, 3.8) is 0 Å². The number of carbonyl (C=O) groups is 1. The Kier molecular flexibility index (Phi) is 6.07. The Morgan fingerprint density at radius 2 is 1.90 bits per heavy atom. The highest BCUT2D eigenvalue weighted by Crippen LogP contribution is 2.35. The van der Waals surface area contributed by atoms with E-state index >= 15 is 0 Å². The fourth-order valence-corrected chi connectivity index (χ4v) is 3.82. The molecule has 6 atom stereocenters.